The monoisotopic (exact) mass is 635 g/mol. The Labute approximate surface area is 288 Å². The van der Waals surface area contributed by atoms with E-state index < -0.39 is 0 Å². The van der Waals surface area contributed by atoms with E-state index in [9.17, 15) is 5.26 Å². The number of nitriles is 1. The van der Waals surface area contributed by atoms with Gasteiger partial charge in [0.25, 0.3) is 0 Å². The van der Waals surface area contributed by atoms with Crippen LogP contribution in [-0.2, 0) is 0 Å². The van der Waals surface area contributed by atoms with Gasteiger partial charge in [-0.1, -0.05) is 91.0 Å². The van der Waals surface area contributed by atoms with E-state index in [0.717, 1.165) is 77.2 Å². The maximum absolute atomic E-state index is 9.68. The van der Waals surface area contributed by atoms with E-state index in [-0.39, 0.29) is 0 Å². The third kappa shape index (κ3) is 4.38. The Morgan fingerprint density at radius 3 is 1.84 bits per heavy atom. The predicted molar refractivity (Wildman–Crippen MR) is 203 cm³/mol. The van der Waals surface area contributed by atoms with Crippen molar-refractivity contribution in [1.29, 1.82) is 5.26 Å². The smallest absolute Gasteiger partial charge is 0.189 e. The average Bonchev–Trinajstić information content (AvgIpc) is 3.69. The maximum atomic E-state index is 9.68. The van der Waals surface area contributed by atoms with Gasteiger partial charge in [-0.2, -0.15) is 5.26 Å². The minimum atomic E-state index is 0.531. The molecule has 0 spiro atoms. The minimum absolute atomic E-state index is 0.531. The largest absolute Gasteiger partial charge is 0.312 e. The van der Waals surface area contributed by atoms with Crippen molar-refractivity contribution in [2.45, 2.75) is 0 Å². The average molecular weight is 636 g/mol. The van der Waals surface area contributed by atoms with Crippen LogP contribution in [0, 0.1) is 24.5 Å². The Kier molecular flexibility index (Phi) is 6.56. The van der Waals surface area contributed by atoms with Gasteiger partial charge in [-0.25, -0.2) is 9.69 Å². The highest BCUT2D eigenvalue weighted by Crippen LogP contribution is 2.42. The summed E-state index contributed by atoms with van der Waals surface area (Å²) >= 11 is 0. The SMILES string of the molecule is [C-]#[N+]c1cc(-c2ccccc2-c2ccccc2-n2c3ccccc3c3cc(C#N)ccc32)cc(-n2c3ccccc3c3ccc([N+]#[C-])cc32)c1. The molecule has 0 unspecified atom stereocenters. The van der Waals surface area contributed by atoms with Crippen molar-refractivity contribution in [3.05, 3.63) is 180 Å². The summed E-state index contributed by atoms with van der Waals surface area (Å²) in [6.07, 6.45) is 0. The van der Waals surface area contributed by atoms with Gasteiger partial charge < -0.3 is 9.13 Å². The van der Waals surface area contributed by atoms with E-state index in [1.807, 2.05) is 78.9 Å². The summed E-state index contributed by atoms with van der Waals surface area (Å²) in [5.74, 6) is 0. The summed E-state index contributed by atoms with van der Waals surface area (Å²) in [6, 6.07) is 53.4. The van der Waals surface area contributed by atoms with E-state index in [1.54, 1.807) is 0 Å². The van der Waals surface area contributed by atoms with Crippen molar-refractivity contribution in [2.24, 2.45) is 0 Å². The number of para-hydroxylation sites is 3. The van der Waals surface area contributed by atoms with Gasteiger partial charge in [0, 0.05) is 38.3 Å². The number of fused-ring (bicyclic) bond motifs is 6. The quantitative estimate of drug-likeness (QED) is 0.177. The van der Waals surface area contributed by atoms with Crippen LogP contribution < -0.4 is 0 Å². The van der Waals surface area contributed by atoms with Crippen molar-refractivity contribution in [3.8, 4) is 39.7 Å². The first kappa shape index (κ1) is 28.8. The number of hydrogen-bond acceptors (Lipinski definition) is 1. The molecule has 0 N–H and O–H groups in total. The van der Waals surface area contributed by atoms with Gasteiger partial charge in [-0.15, -0.1) is 0 Å². The summed E-state index contributed by atoms with van der Waals surface area (Å²) < 4.78 is 4.45. The standard InChI is InChI=1S/C45H25N5/c1-47-31-20-21-39-37-14-6-8-16-41(37)49(45(39)27-31)33-25-30(24-32(26-33)48-2)34-11-3-4-12-35(34)36-13-5-9-17-42(36)50-43-18-10-7-15-38(43)40-23-29(28-46)19-22-44(40)50/h3-27H. The first-order chi connectivity index (χ1) is 24.7. The zero-order valence-corrected chi connectivity index (χ0v) is 26.7. The normalized spacial score (nSPS) is 11.1. The molecule has 0 fully saturated rings. The highest BCUT2D eigenvalue weighted by Gasteiger charge is 2.19. The fraction of sp³-hybridized carbons (Fsp3) is 0. The Morgan fingerprint density at radius 1 is 0.460 bits per heavy atom. The van der Waals surface area contributed by atoms with Gasteiger partial charge in [0.05, 0.1) is 47.0 Å². The summed E-state index contributed by atoms with van der Waals surface area (Å²) in [5, 5.41) is 14.0. The number of benzene rings is 7. The maximum Gasteiger partial charge on any atom is 0.189 e. The fourth-order valence-electron chi connectivity index (χ4n) is 7.42. The lowest BCUT2D eigenvalue weighted by molar-refractivity contribution is 1.18. The molecule has 0 saturated carbocycles. The molecule has 0 radical (unpaired) electrons. The zero-order chi connectivity index (χ0) is 33.8. The van der Waals surface area contributed by atoms with Crippen LogP contribution in [0.4, 0.5) is 11.4 Å². The van der Waals surface area contributed by atoms with Crippen LogP contribution >= 0.6 is 0 Å². The van der Waals surface area contributed by atoms with Crippen LogP contribution in [0.15, 0.2) is 152 Å². The number of rotatable bonds is 4. The molecule has 0 aliphatic heterocycles. The molecule has 0 aliphatic rings. The molecule has 5 nitrogen and oxygen atoms in total. The molecule has 0 amide bonds. The summed E-state index contributed by atoms with van der Waals surface area (Å²) in [4.78, 5) is 7.64. The predicted octanol–water partition coefficient (Wildman–Crippen LogP) is 12.2. The first-order valence-corrected chi connectivity index (χ1v) is 16.2. The van der Waals surface area contributed by atoms with E-state index in [0.29, 0.717) is 16.9 Å². The van der Waals surface area contributed by atoms with E-state index in [2.05, 4.69) is 97.7 Å². The Hall–Kier alpha value is -7.39. The highest BCUT2D eigenvalue weighted by atomic mass is 15.0. The molecule has 50 heavy (non-hydrogen) atoms. The van der Waals surface area contributed by atoms with E-state index in [4.69, 9.17) is 13.1 Å². The highest BCUT2D eigenvalue weighted by molar-refractivity contribution is 6.11. The number of hydrogen-bond donors (Lipinski definition) is 0. The summed E-state index contributed by atoms with van der Waals surface area (Å²) in [7, 11) is 0. The molecule has 0 aliphatic carbocycles. The van der Waals surface area contributed by atoms with Crippen LogP contribution in [0.2, 0.25) is 0 Å². The van der Waals surface area contributed by atoms with Gasteiger partial charge in [-0.3, -0.25) is 0 Å². The van der Waals surface area contributed by atoms with Gasteiger partial charge >= 0.3 is 0 Å². The Morgan fingerprint density at radius 2 is 1.08 bits per heavy atom. The lowest BCUT2D eigenvalue weighted by Crippen LogP contribution is -1.98. The molecule has 230 valence electrons. The Balaban J connectivity index is 1.29. The van der Waals surface area contributed by atoms with Crippen LogP contribution in [-0.4, -0.2) is 9.13 Å². The minimum Gasteiger partial charge on any atom is -0.312 e. The van der Waals surface area contributed by atoms with Crippen LogP contribution in [0.5, 0.6) is 0 Å². The molecule has 0 atom stereocenters. The molecule has 9 aromatic rings. The molecule has 7 aromatic carbocycles. The summed E-state index contributed by atoms with van der Waals surface area (Å²) in [6.45, 7) is 15.8. The topological polar surface area (TPSA) is 42.4 Å². The van der Waals surface area contributed by atoms with E-state index >= 15 is 0 Å². The van der Waals surface area contributed by atoms with Crippen molar-refractivity contribution >= 4 is 55.0 Å². The van der Waals surface area contributed by atoms with Crippen LogP contribution in [0.25, 0.3) is 86.9 Å². The van der Waals surface area contributed by atoms with Crippen LogP contribution in [0.3, 0.4) is 0 Å². The molecular weight excluding hydrogens is 611 g/mol. The first-order valence-electron chi connectivity index (χ1n) is 16.2. The lowest BCUT2D eigenvalue weighted by atomic mass is 9.93. The lowest BCUT2D eigenvalue weighted by Gasteiger charge is -2.18. The van der Waals surface area contributed by atoms with Gasteiger partial charge in [0.1, 0.15) is 0 Å². The molecular formula is C45H25N5. The second-order valence-corrected chi connectivity index (χ2v) is 12.3. The molecule has 2 heterocycles. The van der Waals surface area contributed by atoms with Crippen molar-refractivity contribution in [3.63, 3.8) is 0 Å². The molecule has 2 aromatic heterocycles. The second-order valence-electron chi connectivity index (χ2n) is 12.3. The number of nitrogens with zero attached hydrogens (tertiary/aromatic N) is 5. The molecule has 0 bridgehead atoms. The third-order valence-electron chi connectivity index (χ3n) is 9.55. The van der Waals surface area contributed by atoms with Crippen LogP contribution in [0.1, 0.15) is 5.56 Å². The Bertz CT molecular complexity index is 2970. The van der Waals surface area contributed by atoms with Gasteiger partial charge in [0.15, 0.2) is 11.4 Å². The second kappa shape index (κ2) is 11.4. The molecule has 9 rings (SSSR count). The molecule has 0 saturated heterocycles. The zero-order valence-electron chi connectivity index (χ0n) is 26.7. The van der Waals surface area contributed by atoms with Gasteiger partial charge in [-0.05, 0) is 77.4 Å². The van der Waals surface area contributed by atoms with Crippen molar-refractivity contribution in [1.82, 2.24) is 9.13 Å². The summed E-state index contributed by atoms with van der Waals surface area (Å²) in [5.41, 5.74) is 11.6. The third-order valence-corrected chi connectivity index (χ3v) is 9.55. The van der Waals surface area contributed by atoms with Crippen molar-refractivity contribution < 1.29 is 0 Å². The van der Waals surface area contributed by atoms with Gasteiger partial charge in [0.2, 0.25) is 0 Å². The van der Waals surface area contributed by atoms with Crippen molar-refractivity contribution in [2.75, 3.05) is 0 Å². The fourth-order valence-corrected chi connectivity index (χ4v) is 7.42. The molecule has 5 heteroatoms. The van der Waals surface area contributed by atoms with E-state index in [1.165, 1.54) is 0 Å². The number of aromatic nitrogens is 2.